The van der Waals surface area contributed by atoms with Crippen molar-refractivity contribution in [2.24, 2.45) is 0 Å². The number of hydrogen-bond donors (Lipinski definition) is 2. The first kappa shape index (κ1) is 22.3. The molecule has 0 aliphatic rings. The molecule has 1 atom stereocenters. The quantitative estimate of drug-likeness (QED) is 0.297. The molecule has 1 aromatic rings. The van der Waals surface area contributed by atoms with E-state index in [1.807, 2.05) is 0 Å². The van der Waals surface area contributed by atoms with Crippen molar-refractivity contribution in [3.05, 3.63) is 41.5 Å². The molecule has 4 nitrogen and oxygen atoms in total. The van der Waals surface area contributed by atoms with Crippen molar-refractivity contribution >= 4 is 23.8 Å². The maximum atomic E-state index is 12.9. The zero-order chi connectivity index (χ0) is 20.1. The highest BCUT2D eigenvalue weighted by Gasteiger charge is 2.37. The van der Waals surface area contributed by atoms with Crippen LogP contribution in [0, 0.1) is 0 Å². The Morgan fingerprint density at radius 3 is 2.08 bits per heavy atom. The SMILES string of the molecule is C=C(C[C@@H](NSO)C(=O)OCC)c1cc(C(F)(F)F)cc(C(F)(F)F)c1. The monoisotopic (exact) mass is 403 g/mol. The Morgan fingerprint density at radius 2 is 1.69 bits per heavy atom. The van der Waals surface area contributed by atoms with E-state index in [4.69, 9.17) is 9.29 Å². The van der Waals surface area contributed by atoms with E-state index in [2.05, 4.69) is 11.3 Å². The van der Waals surface area contributed by atoms with E-state index < -0.39 is 41.1 Å². The molecule has 0 radical (unpaired) electrons. The van der Waals surface area contributed by atoms with Crippen molar-refractivity contribution in [2.45, 2.75) is 31.7 Å². The molecule has 1 aromatic carbocycles. The molecule has 26 heavy (non-hydrogen) atoms. The predicted octanol–water partition coefficient (Wildman–Crippen LogP) is 4.77. The standard InChI is InChI=1S/C15H15F6NO3S/c1-3-25-13(23)12(22-26-24)4-8(2)9-5-10(14(16,17)18)7-11(6-9)15(19,20)21/h5-7,12,22,24H,2-4H2,1H3/t12-/m1/s1. The number of alkyl halides is 6. The summed E-state index contributed by atoms with van der Waals surface area (Å²) in [5.74, 6) is -0.835. The number of halogens is 6. The minimum atomic E-state index is -4.99. The van der Waals surface area contributed by atoms with Crippen molar-refractivity contribution in [3.8, 4) is 0 Å². The highest BCUT2D eigenvalue weighted by Crippen LogP contribution is 2.38. The average molecular weight is 403 g/mol. The number of nitrogens with one attached hydrogen (secondary N) is 1. The van der Waals surface area contributed by atoms with E-state index in [-0.39, 0.29) is 36.9 Å². The second-order valence-corrected chi connectivity index (χ2v) is 5.53. The van der Waals surface area contributed by atoms with E-state index in [1.165, 1.54) is 6.92 Å². The van der Waals surface area contributed by atoms with Crippen molar-refractivity contribution < 1.29 is 40.4 Å². The zero-order valence-corrected chi connectivity index (χ0v) is 14.2. The van der Waals surface area contributed by atoms with Crippen LogP contribution in [0.2, 0.25) is 0 Å². The summed E-state index contributed by atoms with van der Waals surface area (Å²) < 4.78 is 93.1. The minimum absolute atomic E-state index is 0.00135. The van der Waals surface area contributed by atoms with Crippen LogP contribution >= 0.6 is 12.2 Å². The lowest BCUT2D eigenvalue weighted by molar-refractivity contribution is -0.145. The van der Waals surface area contributed by atoms with Gasteiger partial charge in [-0.15, -0.1) is 0 Å². The van der Waals surface area contributed by atoms with Gasteiger partial charge in [-0.1, -0.05) is 6.58 Å². The summed E-state index contributed by atoms with van der Waals surface area (Å²) in [6.45, 7) is 4.98. The molecular weight excluding hydrogens is 388 g/mol. The van der Waals surface area contributed by atoms with Crippen LogP contribution in [0.5, 0.6) is 0 Å². The van der Waals surface area contributed by atoms with Gasteiger partial charge < -0.3 is 9.29 Å². The van der Waals surface area contributed by atoms with E-state index in [9.17, 15) is 31.1 Å². The number of carbonyl (C=O) groups is 1. The average Bonchev–Trinajstić information content (AvgIpc) is 2.52. The molecule has 2 N–H and O–H groups in total. The maximum Gasteiger partial charge on any atom is 0.416 e. The first-order valence-electron chi connectivity index (χ1n) is 7.10. The van der Waals surface area contributed by atoms with Crippen LogP contribution < -0.4 is 4.72 Å². The fourth-order valence-electron chi connectivity index (χ4n) is 2.00. The molecule has 0 bridgehead atoms. The lowest BCUT2D eigenvalue weighted by Gasteiger charge is -2.18. The summed E-state index contributed by atoms with van der Waals surface area (Å²) in [6, 6.07) is -0.166. The first-order chi connectivity index (χ1) is 11.9. The van der Waals surface area contributed by atoms with Gasteiger partial charge in [0.1, 0.15) is 6.04 Å². The van der Waals surface area contributed by atoms with Crippen molar-refractivity contribution in [1.82, 2.24) is 4.72 Å². The van der Waals surface area contributed by atoms with Crippen LogP contribution in [-0.2, 0) is 21.9 Å². The van der Waals surface area contributed by atoms with Gasteiger partial charge in [-0.25, -0.2) is 4.72 Å². The molecule has 0 saturated heterocycles. The topological polar surface area (TPSA) is 58.6 Å². The Bertz CT molecular complexity index is 628. The molecule has 0 spiro atoms. The molecule has 0 heterocycles. The van der Waals surface area contributed by atoms with E-state index >= 15 is 0 Å². The van der Waals surface area contributed by atoms with Crippen LogP contribution in [0.4, 0.5) is 26.3 Å². The van der Waals surface area contributed by atoms with Gasteiger partial charge in [-0.2, -0.15) is 26.3 Å². The highest BCUT2D eigenvalue weighted by atomic mass is 32.2. The molecule has 0 aromatic heterocycles. The second-order valence-electron chi connectivity index (χ2n) is 5.12. The largest absolute Gasteiger partial charge is 0.465 e. The third kappa shape index (κ3) is 6.22. The van der Waals surface area contributed by atoms with E-state index in [1.54, 1.807) is 0 Å². The Balaban J connectivity index is 3.23. The second kappa shape index (κ2) is 8.78. The van der Waals surface area contributed by atoms with Crippen LogP contribution in [0.15, 0.2) is 24.8 Å². The maximum absolute atomic E-state index is 12.9. The summed E-state index contributed by atoms with van der Waals surface area (Å²) in [4.78, 5) is 11.7. The van der Waals surface area contributed by atoms with Gasteiger partial charge in [0.2, 0.25) is 0 Å². The van der Waals surface area contributed by atoms with E-state index in [0.717, 1.165) is 0 Å². The molecular formula is C15H15F6NO3S. The number of hydrogen-bond acceptors (Lipinski definition) is 5. The number of ether oxygens (including phenoxy) is 1. The number of carbonyl (C=O) groups excluding carboxylic acids is 1. The highest BCUT2D eigenvalue weighted by molar-refractivity contribution is 7.91. The van der Waals surface area contributed by atoms with Gasteiger partial charge in [-0.05, 0) is 42.7 Å². The summed E-state index contributed by atoms with van der Waals surface area (Å²) in [6.07, 6.45) is -10.4. The summed E-state index contributed by atoms with van der Waals surface area (Å²) in [5, 5.41) is 0. The lowest BCUT2D eigenvalue weighted by atomic mass is 9.96. The Morgan fingerprint density at radius 1 is 1.19 bits per heavy atom. The molecule has 0 fully saturated rings. The molecule has 0 unspecified atom stereocenters. The van der Waals surface area contributed by atoms with Crippen molar-refractivity contribution in [3.63, 3.8) is 0 Å². The number of benzene rings is 1. The third-order valence-electron chi connectivity index (χ3n) is 3.21. The van der Waals surface area contributed by atoms with Crippen LogP contribution in [0.1, 0.15) is 30.0 Å². The van der Waals surface area contributed by atoms with Crippen molar-refractivity contribution in [2.75, 3.05) is 6.61 Å². The zero-order valence-electron chi connectivity index (χ0n) is 13.4. The van der Waals surface area contributed by atoms with Gasteiger partial charge in [0.05, 0.1) is 30.0 Å². The van der Waals surface area contributed by atoms with Gasteiger partial charge in [0, 0.05) is 0 Å². The number of esters is 1. The molecule has 0 saturated carbocycles. The summed E-state index contributed by atoms with van der Waals surface area (Å²) in [7, 11) is 0. The summed E-state index contributed by atoms with van der Waals surface area (Å²) in [5.41, 5.74) is -3.56. The van der Waals surface area contributed by atoms with Gasteiger partial charge in [-0.3, -0.25) is 4.79 Å². The van der Waals surface area contributed by atoms with Crippen molar-refractivity contribution in [1.29, 1.82) is 0 Å². The lowest BCUT2D eigenvalue weighted by Crippen LogP contribution is -2.34. The summed E-state index contributed by atoms with van der Waals surface area (Å²) >= 11 is 0.0640. The van der Waals surface area contributed by atoms with Crippen LogP contribution in [-0.4, -0.2) is 23.2 Å². The smallest absolute Gasteiger partial charge is 0.416 e. The number of rotatable bonds is 7. The van der Waals surface area contributed by atoms with Gasteiger partial charge in [0.25, 0.3) is 0 Å². The van der Waals surface area contributed by atoms with Gasteiger partial charge in [0.15, 0.2) is 0 Å². The Hall–Kier alpha value is -1.72. The minimum Gasteiger partial charge on any atom is -0.465 e. The molecule has 11 heteroatoms. The predicted molar refractivity (Wildman–Crippen MR) is 83.9 cm³/mol. The van der Waals surface area contributed by atoms with E-state index in [0.29, 0.717) is 12.1 Å². The first-order valence-corrected chi connectivity index (χ1v) is 7.87. The molecule has 0 aliphatic carbocycles. The Labute approximate surface area is 149 Å². The van der Waals surface area contributed by atoms with Crippen LogP contribution in [0.25, 0.3) is 5.57 Å². The molecule has 0 aliphatic heterocycles. The Kier molecular flexibility index (Phi) is 7.54. The fraction of sp³-hybridized carbons (Fsp3) is 0.400. The molecule has 146 valence electrons. The third-order valence-corrected chi connectivity index (χ3v) is 3.60. The normalized spacial score (nSPS) is 13.4. The molecule has 0 amide bonds. The van der Waals surface area contributed by atoms with Gasteiger partial charge >= 0.3 is 18.3 Å². The molecule has 1 rings (SSSR count). The fourth-order valence-corrected chi connectivity index (χ4v) is 2.31. The van der Waals surface area contributed by atoms with Crippen LogP contribution in [0.3, 0.4) is 0 Å².